The van der Waals surface area contributed by atoms with Gasteiger partial charge in [0.1, 0.15) is 0 Å². The molecule has 0 aliphatic carbocycles. The van der Waals surface area contributed by atoms with Crippen LogP contribution < -0.4 is 0 Å². The van der Waals surface area contributed by atoms with Crippen LogP contribution >= 0.6 is 11.6 Å². The number of rotatable bonds is 21. The largest absolute Gasteiger partial charge is 0.479 e. The minimum Gasteiger partial charge on any atom is -0.479 e. The summed E-state index contributed by atoms with van der Waals surface area (Å²) in [5, 5.41) is 20.0. The predicted octanol–water partition coefficient (Wildman–Crippen LogP) is 8.46. The second-order valence-electron chi connectivity index (χ2n) is 10.2. The van der Waals surface area contributed by atoms with Crippen molar-refractivity contribution < 1.29 is 24.5 Å². The molecule has 38 heavy (non-hydrogen) atoms. The lowest BCUT2D eigenvalue weighted by Crippen LogP contribution is -2.29. The van der Waals surface area contributed by atoms with Crippen LogP contribution in [0.3, 0.4) is 0 Å². The van der Waals surface area contributed by atoms with E-state index in [9.17, 15) is 19.8 Å². The molecule has 2 rings (SSSR count). The molecule has 0 saturated carbocycles. The molecule has 0 aliphatic heterocycles. The molecule has 0 spiro atoms. The van der Waals surface area contributed by atoms with Gasteiger partial charge in [0.05, 0.1) is 0 Å². The van der Waals surface area contributed by atoms with E-state index in [1.165, 1.54) is 88.3 Å². The molecule has 210 valence electrons. The highest BCUT2D eigenvalue weighted by molar-refractivity contribution is 6.30. The zero-order valence-corrected chi connectivity index (χ0v) is 23.4. The van der Waals surface area contributed by atoms with Crippen molar-refractivity contribution in [1.29, 1.82) is 0 Å². The number of aliphatic hydroxyl groups excluding tert-OH is 1. The van der Waals surface area contributed by atoms with Crippen LogP contribution in [0.2, 0.25) is 5.02 Å². The van der Waals surface area contributed by atoms with Gasteiger partial charge >= 0.3 is 11.9 Å². The lowest BCUT2D eigenvalue weighted by atomic mass is 10.0. The second-order valence-corrected chi connectivity index (χ2v) is 10.6. The van der Waals surface area contributed by atoms with E-state index in [2.05, 4.69) is 30.3 Å². The molecule has 5 nitrogen and oxygen atoms in total. The van der Waals surface area contributed by atoms with Crippen LogP contribution in [0.1, 0.15) is 114 Å². The van der Waals surface area contributed by atoms with E-state index >= 15 is 0 Å². The number of carbonyl (C=O) groups excluding carboxylic acids is 1. The van der Waals surface area contributed by atoms with Gasteiger partial charge in [-0.2, -0.15) is 0 Å². The number of aliphatic hydroxyl groups is 1. The summed E-state index contributed by atoms with van der Waals surface area (Å²) in [6.07, 6.45) is 15.5. The number of aryl methyl sites for hydroxylation is 1. The summed E-state index contributed by atoms with van der Waals surface area (Å²) in [7, 11) is 0. The molecular weight excluding hydrogens is 500 g/mol. The molecule has 0 amide bonds. The van der Waals surface area contributed by atoms with Crippen molar-refractivity contribution in [3.63, 3.8) is 0 Å². The molecule has 0 fully saturated rings. The Morgan fingerprint density at radius 2 is 1.16 bits per heavy atom. The maximum absolute atomic E-state index is 12.2. The summed E-state index contributed by atoms with van der Waals surface area (Å²) in [5.74, 6) is -2.14. The Balaban J connectivity index is 1.40. The lowest BCUT2D eigenvalue weighted by Gasteiger charge is -2.16. The first kappa shape index (κ1) is 31.8. The number of unbranched alkanes of at least 4 members (excludes halogenated alkanes) is 13. The molecule has 2 aromatic rings. The van der Waals surface area contributed by atoms with Gasteiger partial charge in [0.2, 0.25) is 0 Å². The van der Waals surface area contributed by atoms with Crippen molar-refractivity contribution >= 4 is 23.5 Å². The summed E-state index contributed by atoms with van der Waals surface area (Å²) in [4.78, 5) is 23.7. The van der Waals surface area contributed by atoms with Crippen LogP contribution in [0.5, 0.6) is 0 Å². The molecule has 2 atom stereocenters. The Hall–Kier alpha value is -2.37. The molecule has 0 heterocycles. The van der Waals surface area contributed by atoms with Crippen molar-refractivity contribution in [3.05, 3.63) is 70.7 Å². The number of hydrogen-bond acceptors (Lipinski definition) is 4. The van der Waals surface area contributed by atoms with Gasteiger partial charge in [0.25, 0.3) is 0 Å². The summed E-state index contributed by atoms with van der Waals surface area (Å²) < 4.78 is 5.07. The number of hydrogen-bond donors (Lipinski definition) is 2. The third-order valence-electron chi connectivity index (χ3n) is 6.97. The van der Waals surface area contributed by atoms with Crippen LogP contribution in [0.25, 0.3) is 0 Å². The van der Waals surface area contributed by atoms with Gasteiger partial charge in [-0.05, 0) is 48.9 Å². The molecule has 0 aliphatic rings. The second kappa shape index (κ2) is 19.7. The minimum absolute atomic E-state index is 0.251. The van der Waals surface area contributed by atoms with E-state index in [4.69, 9.17) is 16.3 Å². The summed E-state index contributed by atoms with van der Waals surface area (Å²) in [6, 6.07) is 16.9. The molecule has 2 N–H and O–H groups in total. The van der Waals surface area contributed by atoms with Crippen molar-refractivity contribution in [3.8, 4) is 0 Å². The number of aliphatic carboxylic acids is 1. The molecule has 0 saturated heterocycles. The SMILES string of the molecule is O=C(O)C(CCCCCCCCCCCCCCCCc1ccccc1)OC(=O)[C@H](O)c1ccc(Cl)cc1. The Bertz CT molecular complexity index is 900. The van der Waals surface area contributed by atoms with Crippen LogP contribution in [0.4, 0.5) is 0 Å². The monoisotopic (exact) mass is 544 g/mol. The standard InChI is InChI=1S/C32H45ClO5/c33-28-24-22-27(23-25-28)30(34)32(37)38-29(31(35)36)21-17-12-10-8-6-4-2-1-3-5-7-9-11-14-18-26-19-15-13-16-20-26/h13,15-16,19-20,22-25,29-30,34H,1-12,14,17-18,21H2,(H,35,36)/t29?,30-/m1/s1. The topological polar surface area (TPSA) is 83.8 Å². The molecule has 0 bridgehead atoms. The smallest absolute Gasteiger partial charge is 0.345 e. The maximum Gasteiger partial charge on any atom is 0.345 e. The third kappa shape index (κ3) is 14.0. The molecular formula is C32H45ClO5. The van der Waals surface area contributed by atoms with Gasteiger partial charge in [-0.3, -0.25) is 0 Å². The summed E-state index contributed by atoms with van der Waals surface area (Å²) >= 11 is 5.81. The minimum atomic E-state index is -1.53. The molecule has 2 aromatic carbocycles. The highest BCUT2D eigenvalue weighted by Crippen LogP contribution is 2.20. The van der Waals surface area contributed by atoms with E-state index in [1.54, 1.807) is 12.1 Å². The summed E-state index contributed by atoms with van der Waals surface area (Å²) in [6.45, 7) is 0. The first-order valence-corrected chi connectivity index (χ1v) is 14.8. The first-order chi connectivity index (χ1) is 18.5. The maximum atomic E-state index is 12.2. The van der Waals surface area contributed by atoms with Crippen molar-refractivity contribution in [2.24, 2.45) is 0 Å². The van der Waals surface area contributed by atoms with Gasteiger partial charge in [0, 0.05) is 5.02 Å². The Labute approximate surface area is 233 Å². The highest BCUT2D eigenvalue weighted by atomic mass is 35.5. The first-order valence-electron chi connectivity index (χ1n) is 14.4. The predicted molar refractivity (Wildman–Crippen MR) is 153 cm³/mol. The molecule has 0 aromatic heterocycles. The normalized spacial score (nSPS) is 12.7. The quantitative estimate of drug-likeness (QED) is 0.122. The average Bonchev–Trinajstić information content (AvgIpc) is 2.92. The molecule has 6 heteroatoms. The molecule has 0 radical (unpaired) electrons. The van der Waals surface area contributed by atoms with E-state index in [0.717, 1.165) is 19.3 Å². The number of carboxylic acid groups (broad SMARTS) is 1. The fraction of sp³-hybridized carbons (Fsp3) is 0.562. The zero-order chi connectivity index (χ0) is 27.4. The fourth-order valence-corrected chi connectivity index (χ4v) is 4.77. The summed E-state index contributed by atoms with van der Waals surface area (Å²) in [5.41, 5.74) is 1.77. The van der Waals surface area contributed by atoms with Crippen molar-refractivity contribution in [2.45, 2.75) is 115 Å². The van der Waals surface area contributed by atoms with E-state index < -0.39 is 24.1 Å². The van der Waals surface area contributed by atoms with Crippen molar-refractivity contribution in [1.82, 2.24) is 0 Å². The fourth-order valence-electron chi connectivity index (χ4n) is 4.64. The average molecular weight is 545 g/mol. The van der Waals surface area contributed by atoms with Gasteiger partial charge in [-0.15, -0.1) is 0 Å². The lowest BCUT2D eigenvalue weighted by molar-refractivity contribution is -0.171. The van der Waals surface area contributed by atoms with Gasteiger partial charge in [0.15, 0.2) is 12.2 Å². The van der Waals surface area contributed by atoms with Crippen molar-refractivity contribution in [2.75, 3.05) is 0 Å². The van der Waals surface area contributed by atoms with E-state index in [1.807, 2.05) is 0 Å². The van der Waals surface area contributed by atoms with E-state index in [0.29, 0.717) is 17.0 Å². The third-order valence-corrected chi connectivity index (χ3v) is 7.22. The zero-order valence-electron chi connectivity index (χ0n) is 22.7. The van der Waals surface area contributed by atoms with Gasteiger partial charge in [-0.1, -0.05) is 131 Å². The number of esters is 1. The van der Waals surface area contributed by atoms with E-state index in [-0.39, 0.29) is 6.42 Å². The van der Waals surface area contributed by atoms with Gasteiger partial charge in [-0.25, -0.2) is 9.59 Å². The number of benzene rings is 2. The van der Waals surface area contributed by atoms with Crippen LogP contribution in [-0.2, 0) is 20.7 Å². The number of ether oxygens (including phenoxy) is 1. The highest BCUT2D eigenvalue weighted by Gasteiger charge is 2.27. The number of carbonyl (C=O) groups is 2. The Kier molecular flexibility index (Phi) is 16.5. The van der Waals surface area contributed by atoms with Crippen LogP contribution in [-0.4, -0.2) is 28.3 Å². The van der Waals surface area contributed by atoms with Crippen LogP contribution in [0.15, 0.2) is 54.6 Å². The van der Waals surface area contributed by atoms with Gasteiger partial charge < -0.3 is 14.9 Å². The molecule has 1 unspecified atom stereocenters. The number of halogens is 1. The number of carboxylic acids is 1. The Morgan fingerprint density at radius 1 is 0.684 bits per heavy atom. The van der Waals surface area contributed by atoms with Crippen LogP contribution in [0, 0.1) is 0 Å². The Morgan fingerprint density at radius 3 is 1.66 bits per heavy atom.